The molecule has 4 aromatic rings. The van der Waals surface area contributed by atoms with Gasteiger partial charge in [-0.15, -0.1) is 0 Å². The molecule has 28 heavy (non-hydrogen) atoms. The molecule has 4 aromatic carbocycles. The first-order chi connectivity index (χ1) is 13.3. The Morgan fingerprint density at radius 3 is 1.50 bits per heavy atom. The number of hydrogen-bond donors (Lipinski definition) is 2. The normalized spacial score (nSPS) is 9.75. The van der Waals surface area contributed by atoms with Crippen molar-refractivity contribution in [2.45, 2.75) is 0 Å². The van der Waals surface area contributed by atoms with Gasteiger partial charge < -0.3 is 10.2 Å². The Hall–Kier alpha value is -2.60. The van der Waals surface area contributed by atoms with E-state index in [1.54, 1.807) is 6.07 Å². The summed E-state index contributed by atoms with van der Waals surface area (Å²) in [4.78, 5) is 0. The Morgan fingerprint density at radius 2 is 1.07 bits per heavy atom. The van der Waals surface area contributed by atoms with Gasteiger partial charge in [0.25, 0.3) is 0 Å². The van der Waals surface area contributed by atoms with Crippen LogP contribution in [0.25, 0.3) is 0 Å². The average Bonchev–Trinajstić information content (AvgIpc) is 2.75. The van der Waals surface area contributed by atoms with E-state index in [0.29, 0.717) is 0 Å². The number of hydrogen-bond acceptors (Lipinski definition) is 2. The molecule has 0 heterocycles. The second-order valence-electron chi connectivity index (χ2n) is 5.86. The summed E-state index contributed by atoms with van der Waals surface area (Å²) in [6, 6.07) is 38.0. The molecule has 0 radical (unpaired) electrons. The molecule has 2 nitrogen and oxygen atoms in total. The predicted octanol–water partition coefficient (Wildman–Crippen LogP) is 4.07. The van der Waals surface area contributed by atoms with Gasteiger partial charge >= 0.3 is 0 Å². The summed E-state index contributed by atoms with van der Waals surface area (Å²) < 4.78 is 0. The molecular weight excluding hydrogens is 410 g/mol. The van der Waals surface area contributed by atoms with Crippen molar-refractivity contribution in [3.63, 3.8) is 0 Å². The zero-order valence-electron chi connectivity index (χ0n) is 15.1. The summed E-state index contributed by atoms with van der Waals surface area (Å²) in [6.45, 7) is 0. The topological polar surface area (TPSA) is 40.5 Å². The molecule has 0 saturated heterocycles. The molecule has 0 aromatic heterocycles. The minimum Gasteiger partial charge on any atom is -0.504 e. The third kappa shape index (κ3) is 5.70. The van der Waals surface area contributed by atoms with Crippen molar-refractivity contribution in [3.8, 4) is 11.5 Å². The van der Waals surface area contributed by atoms with Gasteiger partial charge in [-0.1, -0.05) is 42.5 Å². The minimum atomic E-state index is -1.34. The van der Waals surface area contributed by atoms with Crippen LogP contribution in [0.5, 0.6) is 11.5 Å². The maximum Gasteiger partial charge on any atom is 0.201 e. The van der Waals surface area contributed by atoms with Crippen molar-refractivity contribution in [1.29, 1.82) is 0 Å². The standard InChI is InChI=1S/C18H15O2P.C6H5.Ni/c19-16-12-7-13-17(18(16)20)21(14-8-3-1-4-9-14)15-10-5-2-6-11-15;1-2-4-6-5-3-1;/h1-13,19-20H;1-5H;/q;-1;/p+1. The fraction of sp³-hybridized carbons (Fsp3) is 0. The molecule has 0 saturated carbocycles. The largest absolute Gasteiger partial charge is 0.504 e. The van der Waals surface area contributed by atoms with Crippen LogP contribution in [0.1, 0.15) is 0 Å². The number of para-hydroxylation sites is 1. The predicted molar refractivity (Wildman–Crippen MR) is 115 cm³/mol. The molecule has 2 N–H and O–H groups in total. The van der Waals surface area contributed by atoms with Crippen LogP contribution < -0.4 is 15.9 Å². The van der Waals surface area contributed by atoms with Gasteiger partial charge in [-0.05, 0) is 36.4 Å². The Labute approximate surface area is 177 Å². The fourth-order valence-corrected chi connectivity index (χ4v) is 5.40. The number of phenolic OH excluding ortho intramolecular Hbond substituents is 2. The molecule has 4 rings (SSSR count). The van der Waals surface area contributed by atoms with Crippen molar-refractivity contribution >= 4 is 23.8 Å². The van der Waals surface area contributed by atoms with Crippen molar-refractivity contribution in [3.05, 3.63) is 115 Å². The SMILES string of the molecule is Oc1cccc([PH+](c2ccccc2)c2ccccc2)c1O.[Ni].[c-]1ccccc1. The van der Waals surface area contributed by atoms with Crippen LogP contribution in [0.15, 0.2) is 109 Å². The minimum absolute atomic E-state index is 0. The van der Waals surface area contributed by atoms with Gasteiger partial charge in [0.2, 0.25) is 5.75 Å². The summed E-state index contributed by atoms with van der Waals surface area (Å²) >= 11 is 0. The molecule has 0 aliphatic carbocycles. The van der Waals surface area contributed by atoms with E-state index in [2.05, 4.69) is 30.3 Å². The molecule has 0 bridgehead atoms. The Bertz CT molecular complexity index is 882. The van der Waals surface area contributed by atoms with E-state index < -0.39 is 7.92 Å². The molecule has 0 aliphatic rings. The van der Waals surface area contributed by atoms with Crippen LogP contribution in [-0.4, -0.2) is 10.2 Å². The van der Waals surface area contributed by atoms with E-state index in [-0.39, 0.29) is 28.0 Å². The third-order valence-corrected chi connectivity index (χ3v) is 6.78. The number of rotatable bonds is 3. The van der Waals surface area contributed by atoms with Crippen molar-refractivity contribution in [1.82, 2.24) is 0 Å². The van der Waals surface area contributed by atoms with Crippen LogP contribution in [0.4, 0.5) is 0 Å². The summed E-state index contributed by atoms with van der Waals surface area (Å²) in [5.41, 5.74) is 0. The van der Waals surface area contributed by atoms with Crippen LogP contribution in [0.2, 0.25) is 0 Å². The van der Waals surface area contributed by atoms with Crippen molar-refractivity contribution < 1.29 is 26.7 Å². The van der Waals surface area contributed by atoms with Crippen molar-refractivity contribution in [2.75, 3.05) is 0 Å². The van der Waals surface area contributed by atoms with Gasteiger partial charge in [-0.2, -0.15) is 36.4 Å². The fourth-order valence-electron chi connectivity index (χ4n) is 2.76. The van der Waals surface area contributed by atoms with E-state index in [0.717, 1.165) is 5.30 Å². The monoisotopic (exact) mass is 430 g/mol. The average molecular weight is 431 g/mol. The quantitative estimate of drug-likeness (QED) is 0.222. The van der Waals surface area contributed by atoms with E-state index in [9.17, 15) is 10.2 Å². The maximum absolute atomic E-state index is 10.3. The summed E-state index contributed by atoms with van der Waals surface area (Å²) in [6.07, 6.45) is 0. The molecule has 0 fully saturated rings. The molecule has 0 unspecified atom stereocenters. The summed E-state index contributed by atoms with van der Waals surface area (Å²) in [5, 5.41) is 23.2. The Morgan fingerprint density at radius 1 is 0.571 bits per heavy atom. The Balaban J connectivity index is 0.000000344. The van der Waals surface area contributed by atoms with E-state index >= 15 is 0 Å². The van der Waals surface area contributed by atoms with Crippen molar-refractivity contribution in [2.24, 2.45) is 0 Å². The first kappa shape index (κ1) is 21.7. The van der Waals surface area contributed by atoms with E-state index in [1.807, 2.05) is 72.8 Å². The second-order valence-corrected chi connectivity index (χ2v) is 8.30. The maximum atomic E-state index is 10.3. The van der Waals surface area contributed by atoms with Gasteiger partial charge in [-0.25, -0.2) is 0 Å². The molecule has 4 heteroatoms. The molecule has 144 valence electrons. The zero-order valence-corrected chi connectivity index (χ0v) is 17.1. The van der Waals surface area contributed by atoms with E-state index in [4.69, 9.17) is 0 Å². The van der Waals surface area contributed by atoms with Gasteiger partial charge in [0.05, 0.1) is 0 Å². The number of phenols is 2. The first-order valence-corrected chi connectivity index (χ1v) is 10.2. The van der Waals surface area contributed by atoms with Gasteiger partial charge in [0, 0.05) is 16.5 Å². The zero-order chi connectivity index (χ0) is 18.9. The number of aromatic hydroxyl groups is 2. The van der Waals surface area contributed by atoms with Gasteiger partial charge in [0.15, 0.2) is 5.75 Å². The summed E-state index contributed by atoms with van der Waals surface area (Å²) in [7, 11) is -1.34. The molecular formula is C24H21NiO2P. The van der Waals surface area contributed by atoms with Crippen LogP contribution >= 0.6 is 7.92 Å². The smallest absolute Gasteiger partial charge is 0.201 e. The van der Waals surface area contributed by atoms with Crippen LogP contribution in [-0.2, 0) is 16.5 Å². The molecule has 0 spiro atoms. The van der Waals surface area contributed by atoms with Crippen LogP contribution in [0, 0.1) is 6.07 Å². The molecule has 0 amide bonds. The van der Waals surface area contributed by atoms with Crippen LogP contribution in [0.3, 0.4) is 0 Å². The second kappa shape index (κ2) is 11.3. The van der Waals surface area contributed by atoms with Gasteiger partial charge in [-0.3, -0.25) is 0 Å². The van der Waals surface area contributed by atoms with Gasteiger partial charge in [0.1, 0.15) is 23.8 Å². The first-order valence-electron chi connectivity index (χ1n) is 8.67. The Kier molecular flexibility index (Phi) is 8.75. The number of benzene rings is 4. The van der Waals surface area contributed by atoms with E-state index in [1.165, 1.54) is 16.7 Å². The summed E-state index contributed by atoms with van der Waals surface area (Å²) in [5.74, 6) is -0.0824. The molecule has 0 atom stereocenters. The third-order valence-electron chi connectivity index (χ3n) is 4.02. The molecule has 0 aliphatic heterocycles.